The smallest absolute Gasteiger partial charge is 0.261 e. The molecule has 1 aliphatic rings. The van der Waals surface area contributed by atoms with E-state index in [1.165, 1.54) is 0 Å². The van der Waals surface area contributed by atoms with Crippen LogP contribution in [0.4, 0.5) is 5.69 Å². The lowest BCUT2D eigenvalue weighted by Gasteiger charge is -2.23. The first-order valence-corrected chi connectivity index (χ1v) is 9.20. The molecule has 3 rings (SSSR count). The minimum Gasteiger partial charge on any atom is -0.307 e. The summed E-state index contributed by atoms with van der Waals surface area (Å²) in [5.41, 5.74) is 2.60. The number of nitrogens with zero attached hydrogens (tertiary/aromatic N) is 2. The van der Waals surface area contributed by atoms with E-state index in [0.717, 1.165) is 21.2 Å². The van der Waals surface area contributed by atoms with Crippen LogP contribution in [0.5, 0.6) is 0 Å². The van der Waals surface area contributed by atoms with Gasteiger partial charge in [0.25, 0.3) is 5.91 Å². The van der Waals surface area contributed by atoms with E-state index in [1.807, 2.05) is 35.2 Å². The molecule has 1 amide bonds. The van der Waals surface area contributed by atoms with E-state index in [0.29, 0.717) is 16.7 Å². The Morgan fingerprint density at radius 1 is 1.24 bits per heavy atom. The van der Waals surface area contributed by atoms with Crippen LogP contribution in [0.15, 0.2) is 41.1 Å². The van der Waals surface area contributed by atoms with E-state index in [9.17, 15) is 4.79 Å². The molecule has 2 heterocycles. The molecule has 0 aliphatic carbocycles. The zero-order valence-corrected chi connectivity index (χ0v) is 16.2. The maximum atomic E-state index is 12.9. The van der Waals surface area contributed by atoms with Gasteiger partial charge in [-0.1, -0.05) is 15.9 Å². The van der Waals surface area contributed by atoms with E-state index < -0.39 is 0 Å². The van der Waals surface area contributed by atoms with E-state index in [-0.39, 0.29) is 10.7 Å². The van der Waals surface area contributed by atoms with Gasteiger partial charge in [-0.15, -0.1) is 0 Å². The number of alkyl halides is 1. The summed E-state index contributed by atoms with van der Waals surface area (Å²) in [5.74, 6) is -0.00636. The lowest BCUT2D eigenvalue weighted by atomic mass is 10.1. The molecule has 6 heteroatoms. The summed E-state index contributed by atoms with van der Waals surface area (Å²) in [6.07, 6.45) is 2.54. The van der Waals surface area contributed by atoms with Crippen LogP contribution in [0, 0.1) is 3.57 Å². The third-order valence-electron chi connectivity index (χ3n) is 3.41. The van der Waals surface area contributed by atoms with Crippen molar-refractivity contribution in [2.75, 3.05) is 11.4 Å². The Morgan fingerprint density at radius 3 is 2.67 bits per heavy atom. The number of aromatic nitrogens is 1. The standard InChI is InChI=1S/C15H11Br2IN2O/c16-10-7-9-5-6-19-14(17)13(9)15(21)20(8-10)12-3-1-11(18)2-4-12/h1-6,10H,7-8H2. The molecule has 1 aromatic carbocycles. The number of anilines is 1. The fourth-order valence-electron chi connectivity index (χ4n) is 2.43. The predicted octanol–water partition coefficient (Wildman–Crippen LogP) is 4.42. The molecule has 1 aliphatic heterocycles. The van der Waals surface area contributed by atoms with Crippen LogP contribution in [0.3, 0.4) is 0 Å². The first kappa shape index (κ1) is 15.4. The molecule has 0 bridgehead atoms. The van der Waals surface area contributed by atoms with Gasteiger partial charge in [0.1, 0.15) is 4.60 Å². The topological polar surface area (TPSA) is 33.2 Å². The van der Waals surface area contributed by atoms with E-state index in [2.05, 4.69) is 59.4 Å². The zero-order valence-electron chi connectivity index (χ0n) is 10.9. The van der Waals surface area contributed by atoms with Crippen molar-refractivity contribution in [3.8, 4) is 0 Å². The van der Waals surface area contributed by atoms with Crippen molar-refractivity contribution in [2.45, 2.75) is 11.2 Å². The van der Waals surface area contributed by atoms with Gasteiger partial charge < -0.3 is 4.90 Å². The number of benzene rings is 1. The van der Waals surface area contributed by atoms with Crippen LogP contribution < -0.4 is 4.90 Å². The highest BCUT2D eigenvalue weighted by Crippen LogP contribution is 2.30. The molecule has 1 atom stereocenters. The van der Waals surface area contributed by atoms with E-state index >= 15 is 0 Å². The average Bonchev–Trinajstić information content (AvgIpc) is 2.57. The average molecular weight is 522 g/mol. The summed E-state index contributed by atoms with van der Waals surface area (Å²) in [6, 6.07) is 9.90. The number of amides is 1. The number of halogens is 3. The number of pyridine rings is 1. The third kappa shape index (κ3) is 3.17. The van der Waals surface area contributed by atoms with Crippen molar-refractivity contribution in [2.24, 2.45) is 0 Å². The summed E-state index contributed by atoms with van der Waals surface area (Å²) in [5, 5.41) is 0. The van der Waals surface area contributed by atoms with Crippen molar-refractivity contribution in [3.63, 3.8) is 0 Å². The predicted molar refractivity (Wildman–Crippen MR) is 99.2 cm³/mol. The van der Waals surface area contributed by atoms with Gasteiger partial charge in [0.2, 0.25) is 0 Å². The second kappa shape index (κ2) is 6.34. The van der Waals surface area contributed by atoms with E-state index in [1.54, 1.807) is 6.20 Å². The Morgan fingerprint density at radius 2 is 1.95 bits per heavy atom. The quantitative estimate of drug-likeness (QED) is 0.316. The van der Waals surface area contributed by atoms with Gasteiger partial charge in [0.05, 0.1) is 5.56 Å². The molecule has 0 spiro atoms. The van der Waals surface area contributed by atoms with Crippen molar-refractivity contribution in [1.29, 1.82) is 0 Å². The highest BCUT2D eigenvalue weighted by atomic mass is 127. The Labute approximate surface area is 153 Å². The summed E-state index contributed by atoms with van der Waals surface area (Å²) in [7, 11) is 0. The Kier molecular flexibility index (Phi) is 4.66. The van der Waals surface area contributed by atoms with Crippen molar-refractivity contribution in [3.05, 3.63) is 55.8 Å². The van der Waals surface area contributed by atoms with Crippen LogP contribution in [0.1, 0.15) is 15.9 Å². The Bertz CT molecular complexity index is 691. The number of hydrogen-bond donors (Lipinski definition) is 0. The first-order valence-electron chi connectivity index (χ1n) is 6.41. The fraction of sp³-hybridized carbons (Fsp3) is 0.200. The molecule has 0 radical (unpaired) electrons. The molecular formula is C15H11Br2IN2O. The largest absolute Gasteiger partial charge is 0.307 e. The maximum absolute atomic E-state index is 12.9. The lowest BCUT2D eigenvalue weighted by Crippen LogP contribution is -2.34. The molecular weight excluding hydrogens is 511 g/mol. The molecule has 0 saturated carbocycles. The molecule has 2 aromatic rings. The summed E-state index contributed by atoms with van der Waals surface area (Å²) < 4.78 is 1.76. The fourth-order valence-corrected chi connectivity index (χ4v) is 3.97. The molecule has 0 N–H and O–H groups in total. The van der Waals surface area contributed by atoms with Crippen LogP contribution in [-0.2, 0) is 6.42 Å². The zero-order chi connectivity index (χ0) is 15.0. The Balaban J connectivity index is 2.08. The second-order valence-corrected chi connectivity index (χ2v) is 8.12. The second-order valence-electron chi connectivity index (χ2n) is 4.83. The van der Waals surface area contributed by atoms with Gasteiger partial charge in [-0.2, -0.15) is 0 Å². The SMILES string of the molecule is O=C1c2c(ccnc2Br)CC(Br)CN1c1ccc(I)cc1. The monoisotopic (exact) mass is 520 g/mol. The summed E-state index contributed by atoms with van der Waals surface area (Å²) in [6.45, 7) is 0.639. The molecule has 0 fully saturated rings. The Hall–Kier alpha value is -0.470. The number of carbonyl (C=O) groups excluding carboxylic acids is 1. The number of fused-ring (bicyclic) bond motifs is 1. The van der Waals surface area contributed by atoms with Gasteiger partial charge >= 0.3 is 0 Å². The number of hydrogen-bond acceptors (Lipinski definition) is 2. The van der Waals surface area contributed by atoms with Gasteiger partial charge in [-0.05, 0) is 80.8 Å². The van der Waals surface area contributed by atoms with Gasteiger partial charge in [-0.3, -0.25) is 4.79 Å². The van der Waals surface area contributed by atoms with Crippen LogP contribution in [0.25, 0.3) is 0 Å². The summed E-state index contributed by atoms with van der Waals surface area (Å²) >= 11 is 9.35. The molecule has 3 nitrogen and oxygen atoms in total. The number of rotatable bonds is 1. The minimum absolute atomic E-state index is 0.00636. The first-order chi connectivity index (χ1) is 10.1. The normalized spacial score (nSPS) is 18.3. The minimum atomic E-state index is -0.00636. The molecule has 21 heavy (non-hydrogen) atoms. The lowest BCUT2D eigenvalue weighted by molar-refractivity contribution is 0.0988. The number of carbonyl (C=O) groups is 1. The molecule has 108 valence electrons. The van der Waals surface area contributed by atoms with Crippen LogP contribution >= 0.6 is 54.5 Å². The van der Waals surface area contributed by atoms with Crippen molar-refractivity contribution in [1.82, 2.24) is 4.98 Å². The molecule has 1 aromatic heterocycles. The van der Waals surface area contributed by atoms with Gasteiger partial charge in [0.15, 0.2) is 0 Å². The molecule has 0 saturated heterocycles. The highest BCUT2D eigenvalue weighted by Gasteiger charge is 2.29. The van der Waals surface area contributed by atoms with Gasteiger partial charge in [-0.25, -0.2) is 4.98 Å². The maximum Gasteiger partial charge on any atom is 0.261 e. The van der Waals surface area contributed by atoms with Crippen molar-refractivity contribution < 1.29 is 4.79 Å². The third-order valence-corrected chi connectivity index (χ3v) is 5.34. The van der Waals surface area contributed by atoms with E-state index in [4.69, 9.17) is 0 Å². The van der Waals surface area contributed by atoms with Crippen molar-refractivity contribution >= 4 is 66.0 Å². The highest BCUT2D eigenvalue weighted by molar-refractivity contribution is 14.1. The summed E-state index contributed by atoms with van der Waals surface area (Å²) in [4.78, 5) is 19.2. The van der Waals surface area contributed by atoms with Crippen LogP contribution in [-0.4, -0.2) is 22.3 Å². The van der Waals surface area contributed by atoms with Gasteiger partial charge in [0, 0.05) is 26.8 Å². The molecule has 1 unspecified atom stereocenters. The van der Waals surface area contributed by atoms with Crippen LogP contribution in [0.2, 0.25) is 0 Å².